The zero-order valence-electron chi connectivity index (χ0n) is 12.0. The van der Waals surface area contributed by atoms with Gasteiger partial charge in [0.05, 0.1) is 0 Å². The highest BCUT2D eigenvalue weighted by atomic mass is 16.2. The van der Waals surface area contributed by atoms with Gasteiger partial charge in [-0.25, -0.2) is 0 Å². The molecule has 0 aromatic heterocycles. The van der Waals surface area contributed by atoms with E-state index in [0.717, 1.165) is 38.0 Å². The van der Waals surface area contributed by atoms with E-state index < -0.39 is 0 Å². The molecular formula is C16H28O2. The molecule has 2 nitrogen and oxygen atoms in total. The van der Waals surface area contributed by atoms with Crippen LogP contribution in [0.1, 0.15) is 65.2 Å². The van der Waals surface area contributed by atoms with Crippen molar-refractivity contribution in [3.63, 3.8) is 0 Å². The van der Waals surface area contributed by atoms with Gasteiger partial charge in [0.2, 0.25) is 0 Å². The van der Waals surface area contributed by atoms with Crippen LogP contribution in [0, 0.1) is 23.2 Å². The SMILES string of the molecule is C[C@@H](CCCCO)[C@H]1CC[C@H]2C(=O)CCC[C@]12C. The first-order valence-corrected chi connectivity index (χ1v) is 7.73. The fourth-order valence-electron chi connectivity index (χ4n) is 4.68. The lowest BCUT2D eigenvalue weighted by molar-refractivity contribution is -0.130. The average molecular weight is 252 g/mol. The van der Waals surface area contributed by atoms with E-state index in [0.29, 0.717) is 24.2 Å². The summed E-state index contributed by atoms with van der Waals surface area (Å²) in [4.78, 5) is 12.1. The third kappa shape index (κ3) is 2.49. The third-order valence-electron chi connectivity index (χ3n) is 5.69. The molecule has 0 aromatic carbocycles. The highest BCUT2D eigenvalue weighted by molar-refractivity contribution is 5.83. The van der Waals surface area contributed by atoms with Crippen molar-refractivity contribution < 1.29 is 9.90 Å². The quantitative estimate of drug-likeness (QED) is 0.759. The molecule has 0 heterocycles. The largest absolute Gasteiger partial charge is 0.396 e. The predicted octanol–water partition coefficient (Wildman–Crippen LogP) is 3.57. The number of Topliss-reactive ketones (excluding diaryl/α,β-unsaturated/α-hetero) is 1. The van der Waals surface area contributed by atoms with Gasteiger partial charge < -0.3 is 5.11 Å². The van der Waals surface area contributed by atoms with Crippen LogP contribution in [-0.2, 0) is 4.79 Å². The summed E-state index contributed by atoms with van der Waals surface area (Å²) in [5, 5.41) is 8.87. The summed E-state index contributed by atoms with van der Waals surface area (Å²) in [5.41, 5.74) is 0.286. The van der Waals surface area contributed by atoms with Gasteiger partial charge in [-0.2, -0.15) is 0 Å². The maximum Gasteiger partial charge on any atom is 0.136 e. The lowest BCUT2D eigenvalue weighted by Gasteiger charge is -2.42. The van der Waals surface area contributed by atoms with Crippen molar-refractivity contribution in [3.8, 4) is 0 Å². The van der Waals surface area contributed by atoms with E-state index in [-0.39, 0.29) is 5.41 Å². The Morgan fingerprint density at radius 1 is 1.39 bits per heavy atom. The number of aliphatic hydroxyl groups excluding tert-OH is 1. The molecule has 0 aromatic rings. The first-order valence-electron chi connectivity index (χ1n) is 7.73. The number of carbonyl (C=O) groups excluding carboxylic acids is 1. The molecule has 0 amide bonds. The van der Waals surface area contributed by atoms with Crippen LogP contribution >= 0.6 is 0 Å². The zero-order valence-corrected chi connectivity index (χ0v) is 12.0. The smallest absolute Gasteiger partial charge is 0.136 e. The number of ketones is 1. The number of unbranched alkanes of at least 4 members (excludes halogenated alkanes) is 1. The van der Waals surface area contributed by atoms with Gasteiger partial charge in [0.25, 0.3) is 0 Å². The molecule has 0 bridgehead atoms. The highest BCUT2D eigenvalue weighted by Crippen LogP contribution is 2.57. The first kappa shape index (κ1) is 14.0. The number of aliphatic hydroxyl groups is 1. The lowest BCUT2D eigenvalue weighted by atomic mass is 9.62. The minimum atomic E-state index is 0.286. The van der Waals surface area contributed by atoms with Gasteiger partial charge in [0, 0.05) is 18.9 Å². The molecule has 2 fully saturated rings. The maximum absolute atomic E-state index is 12.1. The van der Waals surface area contributed by atoms with Gasteiger partial charge in [-0.1, -0.05) is 26.7 Å². The molecule has 0 unspecified atom stereocenters. The predicted molar refractivity (Wildman–Crippen MR) is 73.3 cm³/mol. The van der Waals surface area contributed by atoms with Crippen LogP contribution in [0.4, 0.5) is 0 Å². The van der Waals surface area contributed by atoms with Crippen molar-refractivity contribution in [2.75, 3.05) is 6.61 Å². The molecule has 1 N–H and O–H groups in total. The van der Waals surface area contributed by atoms with E-state index in [9.17, 15) is 4.79 Å². The second kappa shape index (κ2) is 5.73. The van der Waals surface area contributed by atoms with E-state index in [1.165, 1.54) is 19.3 Å². The molecule has 0 radical (unpaired) electrons. The minimum absolute atomic E-state index is 0.286. The summed E-state index contributed by atoms with van der Waals surface area (Å²) in [6, 6.07) is 0. The Balaban J connectivity index is 1.99. The van der Waals surface area contributed by atoms with Crippen LogP contribution in [0.25, 0.3) is 0 Å². The Kier molecular flexibility index (Phi) is 4.47. The highest BCUT2D eigenvalue weighted by Gasteiger charge is 2.52. The molecule has 104 valence electrons. The van der Waals surface area contributed by atoms with E-state index in [1.807, 2.05) is 0 Å². The molecule has 2 aliphatic carbocycles. The summed E-state index contributed by atoms with van der Waals surface area (Å²) in [7, 11) is 0. The van der Waals surface area contributed by atoms with Gasteiger partial charge in [-0.3, -0.25) is 4.79 Å². The molecular weight excluding hydrogens is 224 g/mol. The van der Waals surface area contributed by atoms with Crippen molar-refractivity contribution in [1.82, 2.24) is 0 Å². The molecule has 0 spiro atoms. The normalized spacial score (nSPS) is 37.6. The summed E-state index contributed by atoms with van der Waals surface area (Å²) < 4.78 is 0. The zero-order chi connectivity index (χ0) is 13.2. The van der Waals surface area contributed by atoms with Gasteiger partial charge >= 0.3 is 0 Å². The molecule has 2 rings (SSSR count). The van der Waals surface area contributed by atoms with Gasteiger partial charge in [-0.05, 0) is 49.4 Å². The summed E-state index contributed by atoms with van der Waals surface area (Å²) >= 11 is 0. The average Bonchev–Trinajstić information content (AvgIpc) is 2.68. The molecule has 2 aliphatic rings. The topological polar surface area (TPSA) is 37.3 Å². The Morgan fingerprint density at radius 3 is 2.89 bits per heavy atom. The van der Waals surface area contributed by atoms with Crippen LogP contribution < -0.4 is 0 Å². The van der Waals surface area contributed by atoms with E-state index >= 15 is 0 Å². The van der Waals surface area contributed by atoms with Crippen molar-refractivity contribution in [3.05, 3.63) is 0 Å². The number of fused-ring (bicyclic) bond motifs is 1. The van der Waals surface area contributed by atoms with E-state index in [4.69, 9.17) is 5.11 Å². The van der Waals surface area contributed by atoms with Gasteiger partial charge in [0.1, 0.15) is 5.78 Å². The van der Waals surface area contributed by atoms with Crippen molar-refractivity contribution in [2.24, 2.45) is 23.2 Å². The number of carbonyl (C=O) groups is 1. The first-order chi connectivity index (χ1) is 8.59. The lowest BCUT2D eigenvalue weighted by Crippen LogP contribution is -2.39. The number of hydrogen-bond acceptors (Lipinski definition) is 2. The van der Waals surface area contributed by atoms with E-state index in [1.54, 1.807) is 0 Å². The molecule has 18 heavy (non-hydrogen) atoms. The number of hydrogen-bond donors (Lipinski definition) is 1. The molecule has 2 heteroatoms. The fraction of sp³-hybridized carbons (Fsp3) is 0.938. The molecule has 0 saturated heterocycles. The van der Waals surface area contributed by atoms with Crippen molar-refractivity contribution in [1.29, 1.82) is 0 Å². The van der Waals surface area contributed by atoms with Crippen LogP contribution in [0.15, 0.2) is 0 Å². The standard InChI is InChI=1S/C16H28O2/c1-12(6-3-4-11-17)13-8-9-14-15(18)7-5-10-16(13,14)2/h12-14,17H,3-11H2,1-2H3/t12-,13+,14-,16+/m0/s1. The van der Waals surface area contributed by atoms with Crippen LogP contribution in [0.3, 0.4) is 0 Å². The maximum atomic E-state index is 12.1. The Bertz CT molecular complexity index is 299. The van der Waals surface area contributed by atoms with Crippen LogP contribution in [0.2, 0.25) is 0 Å². The molecule has 0 aliphatic heterocycles. The number of rotatable bonds is 5. The van der Waals surface area contributed by atoms with Crippen molar-refractivity contribution in [2.45, 2.75) is 65.2 Å². The van der Waals surface area contributed by atoms with Crippen LogP contribution in [0.5, 0.6) is 0 Å². The van der Waals surface area contributed by atoms with Gasteiger partial charge in [0.15, 0.2) is 0 Å². The molecule has 2 saturated carbocycles. The Morgan fingerprint density at radius 2 is 2.17 bits per heavy atom. The second-order valence-corrected chi connectivity index (χ2v) is 6.76. The minimum Gasteiger partial charge on any atom is -0.396 e. The van der Waals surface area contributed by atoms with Crippen molar-refractivity contribution >= 4 is 5.78 Å². The summed E-state index contributed by atoms with van der Waals surface area (Å²) in [6.45, 7) is 5.04. The summed E-state index contributed by atoms with van der Waals surface area (Å²) in [6.07, 6.45) is 8.81. The fourth-order valence-corrected chi connectivity index (χ4v) is 4.68. The Labute approximate surface area is 111 Å². The second-order valence-electron chi connectivity index (χ2n) is 6.76. The van der Waals surface area contributed by atoms with Crippen LogP contribution in [-0.4, -0.2) is 17.5 Å². The van der Waals surface area contributed by atoms with E-state index in [2.05, 4.69) is 13.8 Å². The third-order valence-corrected chi connectivity index (χ3v) is 5.69. The summed E-state index contributed by atoms with van der Waals surface area (Å²) in [5.74, 6) is 2.33. The Hall–Kier alpha value is -0.370. The monoisotopic (exact) mass is 252 g/mol. The van der Waals surface area contributed by atoms with Gasteiger partial charge in [-0.15, -0.1) is 0 Å². The molecule has 4 atom stereocenters.